The number of aromatic nitrogens is 1. The summed E-state index contributed by atoms with van der Waals surface area (Å²) in [6.07, 6.45) is 0.431. The van der Waals surface area contributed by atoms with Crippen LogP contribution in [0.4, 0.5) is 5.69 Å². The maximum absolute atomic E-state index is 12.2. The Morgan fingerprint density at radius 2 is 2.28 bits per heavy atom. The summed E-state index contributed by atoms with van der Waals surface area (Å²) in [5.74, 6) is -0.561. The quantitative estimate of drug-likeness (QED) is 0.825. The monoisotopic (exact) mass is 283 g/mol. The van der Waals surface area contributed by atoms with E-state index in [1.165, 1.54) is 11.3 Å². The second-order valence-corrected chi connectivity index (χ2v) is 6.64. The molecule has 0 saturated heterocycles. The van der Waals surface area contributed by atoms with Crippen molar-refractivity contribution in [2.75, 3.05) is 5.73 Å². The van der Waals surface area contributed by atoms with Crippen molar-refractivity contribution in [2.24, 2.45) is 5.73 Å². The summed E-state index contributed by atoms with van der Waals surface area (Å²) in [4.78, 5) is 15.5. The molecule has 2 aromatic rings. The number of nitrogens with zero attached hydrogens (tertiary/aromatic N) is 1. The van der Waals surface area contributed by atoms with Gasteiger partial charge in [0.05, 0.1) is 21.0 Å². The molecule has 0 fully saturated rings. The average molecular weight is 283 g/mol. The molecule has 1 heterocycles. The van der Waals surface area contributed by atoms with Crippen LogP contribution in [-0.4, -0.2) is 20.3 Å². The minimum atomic E-state index is -1.50. The molecular formula is C11H13N3O2S2. The number of nitrogen functional groups attached to an aromatic ring is 1. The predicted octanol–water partition coefficient (Wildman–Crippen LogP) is 1.25. The molecule has 7 heteroatoms. The zero-order valence-electron chi connectivity index (χ0n) is 9.75. The molecule has 0 radical (unpaired) electrons. The van der Waals surface area contributed by atoms with Crippen LogP contribution in [0.25, 0.3) is 10.2 Å². The molecule has 1 amide bonds. The third kappa shape index (κ3) is 2.37. The second kappa shape index (κ2) is 5.03. The first-order chi connectivity index (χ1) is 8.52. The third-order valence-electron chi connectivity index (χ3n) is 2.51. The van der Waals surface area contributed by atoms with Gasteiger partial charge in [-0.2, -0.15) is 0 Å². The maximum Gasteiger partial charge on any atom is 0.233 e. The molecule has 2 atom stereocenters. The highest BCUT2D eigenvalue weighted by atomic mass is 32.2. The number of carbonyl (C=O) groups excluding carboxylic acids is 1. The molecule has 0 aliphatic rings. The Bertz CT molecular complexity index is 624. The average Bonchev–Trinajstić information content (AvgIpc) is 2.72. The van der Waals surface area contributed by atoms with E-state index in [0.717, 1.165) is 10.2 Å². The minimum absolute atomic E-state index is 0.418. The molecule has 0 bridgehead atoms. The van der Waals surface area contributed by atoms with E-state index in [1.54, 1.807) is 25.1 Å². The Kier molecular flexibility index (Phi) is 3.63. The summed E-state index contributed by atoms with van der Waals surface area (Å²) < 4.78 is 13.5. The lowest BCUT2D eigenvalue weighted by Gasteiger charge is -2.07. The van der Waals surface area contributed by atoms with Gasteiger partial charge in [-0.3, -0.25) is 9.00 Å². The van der Waals surface area contributed by atoms with E-state index in [1.807, 2.05) is 0 Å². The molecule has 0 spiro atoms. The van der Waals surface area contributed by atoms with Crippen molar-refractivity contribution >= 4 is 43.9 Å². The highest BCUT2D eigenvalue weighted by Gasteiger charge is 2.24. The number of primary amides is 1. The van der Waals surface area contributed by atoms with Crippen LogP contribution < -0.4 is 11.5 Å². The number of rotatable bonds is 4. The van der Waals surface area contributed by atoms with Crippen LogP contribution in [0.3, 0.4) is 0 Å². The van der Waals surface area contributed by atoms with Crippen LogP contribution in [0, 0.1) is 0 Å². The number of thiazole rings is 1. The number of benzene rings is 1. The van der Waals surface area contributed by atoms with Crippen LogP contribution in [-0.2, 0) is 15.6 Å². The van der Waals surface area contributed by atoms with E-state index < -0.39 is 22.0 Å². The van der Waals surface area contributed by atoms with Gasteiger partial charge < -0.3 is 11.5 Å². The summed E-state index contributed by atoms with van der Waals surface area (Å²) in [5, 5.41) is -0.692. The van der Waals surface area contributed by atoms with Crippen molar-refractivity contribution in [1.29, 1.82) is 0 Å². The van der Waals surface area contributed by atoms with Gasteiger partial charge in [0.25, 0.3) is 0 Å². The second-order valence-electron chi connectivity index (χ2n) is 3.80. The fraction of sp³-hybridized carbons (Fsp3) is 0.273. The number of fused-ring (bicyclic) bond motifs is 1. The van der Waals surface area contributed by atoms with Gasteiger partial charge in [0, 0.05) is 5.69 Å². The lowest BCUT2D eigenvalue weighted by atomic mass is 10.3. The molecule has 0 aliphatic heterocycles. The Morgan fingerprint density at radius 1 is 1.56 bits per heavy atom. The summed E-state index contributed by atoms with van der Waals surface area (Å²) in [5.41, 5.74) is 12.3. The number of amides is 1. The molecule has 1 aromatic heterocycles. The van der Waals surface area contributed by atoms with Crippen molar-refractivity contribution < 1.29 is 9.00 Å². The van der Waals surface area contributed by atoms with Gasteiger partial charge in [0.15, 0.2) is 4.34 Å². The standard InChI is InChI=1S/C11H13N3O2S2/c1-2-9(10(13)15)18(16)11-14-7-4-3-6(12)5-8(7)17-11/h3-5,9H,2,12H2,1H3,(H2,13,15). The van der Waals surface area contributed by atoms with Gasteiger partial charge in [0.2, 0.25) is 5.91 Å². The van der Waals surface area contributed by atoms with Gasteiger partial charge in [-0.05, 0) is 24.6 Å². The number of carbonyl (C=O) groups is 1. The molecule has 0 aliphatic carbocycles. The SMILES string of the molecule is CCC(C(N)=O)S(=O)c1nc2ccc(N)cc2s1. The lowest BCUT2D eigenvalue weighted by molar-refractivity contribution is -0.117. The smallest absolute Gasteiger partial charge is 0.233 e. The Labute approximate surface area is 111 Å². The topological polar surface area (TPSA) is 99.1 Å². The van der Waals surface area contributed by atoms with E-state index in [0.29, 0.717) is 16.4 Å². The summed E-state index contributed by atoms with van der Waals surface area (Å²) in [7, 11) is -1.50. The molecule has 2 unspecified atom stereocenters. The van der Waals surface area contributed by atoms with Gasteiger partial charge in [0.1, 0.15) is 5.25 Å². The lowest BCUT2D eigenvalue weighted by Crippen LogP contribution is -2.31. The van der Waals surface area contributed by atoms with Gasteiger partial charge in [-0.15, -0.1) is 11.3 Å². The van der Waals surface area contributed by atoms with Gasteiger partial charge >= 0.3 is 0 Å². The molecule has 0 saturated carbocycles. The van der Waals surface area contributed by atoms with Gasteiger partial charge in [-0.25, -0.2) is 4.98 Å². The van der Waals surface area contributed by atoms with E-state index >= 15 is 0 Å². The van der Waals surface area contributed by atoms with Crippen molar-refractivity contribution in [3.05, 3.63) is 18.2 Å². The van der Waals surface area contributed by atoms with E-state index in [9.17, 15) is 9.00 Å². The molecule has 5 nitrogen and oxygen atoms in total. The summed E-state index contributed by atoms with van der Waals surface area (Å²) >= 11 is 1.28. The first-order valence-electron chi connectivity index (χ1n) is 5.39. The normalized spacial score (nSPS) is 14.5. The highest BCUT2D eigenvalue weighted by Crippen LogP contribution is 2.27. The Morgan fingerprint density at radius 3 is 2.89 bits per heavy atom. The van der Waals surface area contributed by atoms with E-state index in [-0.39, 0.29) is 0 Å². The highest BCUT2D eigenvalue weighted by molar-refractivity contribution is 7.88. The number of hydrogen-bond acceptors (Lipinski definition) is 5. The van der Waals surface area contributed by atoms with Crippen molar-refractivity contribution in [2.45, 2.75) is 22.9 Å². The van der Waals surface area contributed by atoms with Crippen LogP contribution in [0.1, 0.15) is 13.3 Å². The minimum Gasteiger partial charge on any atom is -0.399 e. The third-order valence-corrected chi connectivity index (χ3v) is 5.59. The summed E-state index contributed by atoms with van der Waals surface area (Å²) in [6, 6.07) is 5.28. The fourth-order valence-corrected chi connectivity index (χ4v) is 4.22. The molecule has 18 heavy (non-hydrogen) atoms. The molecule has 2 rings (SSSR count). The van der Waals surface area contributed by atoms with E-state index in [4.69, 9.17) is 11.5 Å². The number of anilines is 1. The number of nitrogens with two attached hydrogens (primary N) is 2. The van der Waals surface area contributed by atoms with Crippen LogP contribution in [0.2, 0.25) is 0 Å². The predicted molar refractivity (Wildman–Crippen MR) is 73.7 cm³/mol. The molecule has 4 N–H and O–H groups in total. The van der Waals surface area contributed by atoms with Crippen molar-refractivity contribution in [3.8, 4) is 0 Å². The molecular weight excluding hydrogens is 270 g/mol. The van der Waals surface area contributed by atoms with Crippen LogP contribution in [0.5, 0.6) is 0 Å². The summed E-state index contributed by atoms with van der Waals surface area (Å²) in [6.45, 7) is 1.78. The molecule has 1 aromatic carbocycles. The van der Waals surface area contributed by atoms with Crippen molar-refractivity contribution in [1.82, 2.24) is 4.98 Å². The molecule has 96 valence electrons. The maximum atomic E-state index is 12.2. The van der Waals surface area contributed by atoms with E-state index in [2.05, 4.69) is 4.98 Å². The fourth-order valence-electron chi connectivity index (χ4n) is 1.59. The first kappa shape index (κ1) is 13.0. The first-order valence-corrected chi connectivity index (χ1v) is 7.41. The van der Waals surface area contributed by atoms with Gasteiger partial charge in [-0.1, -0.05) is 6.92 Å². The van der Waals surface area contributed by atoms with Crippen LogP contribution in [0.15, 0.2) is 22.5 Å². The Balaban J connectivity index is 2.42. The van der Waals surface area contributed by atoms with Crippen molar-refractivity contribution in [3.63, 3.8) is 0 Å². The number of hydrogen-bond donors (Lipinski definition) is 2. The Hall–Kier alpha value is -1.47. The zero-order chi connectivity index (χ0) is 13.3. The van der Waals surface area contributed by atoms with Crippen LogP contribution >= 0.6 is 11.3 Å². The largest absolute Gasteiger partial charge is 0.399 e. The zero-order valence-corrected chi connectivity index (χ0v) is 11.4.